The first kappa shape index (κ1) is 10.9. The molecule has 1 aromatic rings. The first-order chi connectivity index (χ1) is 6.74. The second-order valence-corrected chi connectivity index (χ2v) is 3.35. The van der Waals surface area contributed by atoms with E-state index in [0.29, 0.717) is 0 Å². The average Bonchev–Trinajstić information content (AvgIpc) is 2.18. The molecule has 1 unspecified atom stereocenters. The Morgan fingerprint density at radius 2 is 2.43 bits per heavy atom. The first-order valence-electron chi connectivity index (χ1n) is 4.90. The molecule has 0 spiro atoms. The molecule has 1 atom stereocenters. The molecule has 14 heavy (non-hydrogen) atoms. The predicted octanol–water partition coefficient (Wildman–Crippen LogP) is 2.14. The summed E-state index contributed by atoms with van der Waals surface area (Å²) >= 11 is 0. The van der Waals surface area contributed by atoms with Gasteiger partial charge in [-0.2, -0.15) is 0 Å². The number of nitrogens with two attached hydrogens (primary N) is 1. The summed E-state index contributed by atoms with van der Waals surface area (Å²) in [5, 5.41) is 0. The molecule has 0 fully saturated rings. The van der Waals surface area contributed by atoms with Crippen molar-refractivity contribution in [3.05, 3.63) is 36.4 Å². The first-order valence-corrected chi connectivity index (χ1v) is 4.90. The second-order valence-electron chi connectivity index (χ2n) is 3.35. The summed E-state index contributed by atoms with van der Waals surface area (Å²) in [6.07, 6.45) is 6.69. The minimum Gasteiger partial charge on any atom is -0.323 e. The van der Waals surface area contributed by atoms with Gasteiger partial charge >= 0.3 is 0 Å². The van der Waals surface area contributed by atoms with Crippen LogP contribution in [0.5, 0.6) is 0 Å². The highest BCUT2D eigenvalue weighted by Gasteiger charge is 2.06. The molecule has 0 radical (unpaired) electrons. The number of unbranched alkanes of at least 4 members (excludes halogenated alkanes) is 1. The zero-order valence-corrected chi connectivity index (χ0v) is 8.61. The fraction of sp³-hybridized carbons (Fsp3) is 0.455. The molecule has 0 aliphatic carbocycles. The summed E-state index contributed by atoms with van der Waals surface area (Å²) in [5.74, 6) is 0.779. The van der Waals surface area contributed by atoms with Crippen LogP contribution in [0, 0.1) is 6.92 Å². The number of aryl methyl sites for hydroxylation is 1. The maximum absolute atomic E-state index is 5.98. The highest BCUT2D eigenvalue weighted by atomic mass is 14.9. The van der Waals surface area contributed by atoms with Gasteiger partial charge in [-0.1, -0.05) is 6.08 Å². The van der Waals surface area contributed by atoms with Crippen molar-refractivity contribution in [1.82, 2.24) is 9.97 Å². The van der Waals surface area contributed by atoms with Crippen molar-refractivity contribution in [2.45, 2.75) is 32.2 Å². The smallest absolute Gasteiger partial charge is 0.125 e. The quantitative estimate of drug-likeness (QED) is 0.573. The van der Waals surface area contributed by atoms with Crippen molar-refractivity contribution in [1.29, 1.82) is 0 Å². The van der Waals surface area contributed by atoms with Crippen LogP contribution in [-0.2, 0) is 0 Å². The predicted molar refractivity (Wildman–Crippen MR) is 57.7 cm³/mol. The molecule has 0 bridgehead atoms. The van der Waals surface area contributed by atoms with Gasteiger partial charge in [0.15, 0.2) is 0 Å². The lowest BCUT2D eigenvalue weighted by molar-refractivity contribution is 0.599. The zero-order chi connectivity index (χ0) is 10.4. The van der Waals surface area contributed by atoms with E-state index in [1.807, 2.05) is 19.1 Å². The summed E-state index contributed by atoms with van der Waals surface area (Å²) < 4.78 is 0. The average molecular weight is 191 g/mol. The monoisotopic (exact) mass is 191 g/mol. The molecular weight excluding hydrogens is 174 g/mol. The van der Waals surface area contributed by atoms with Crippen molar-refractivity contribution >= 4 is 0 Å². The van der Waals surface area contributed by atoms with Gasteiger partial charge in [0.25, 0.3) is 0 Å². The fourth-order valence-corrected chi connectivity index (χ4v) is 1.31. The summed E-state index contributed by atoms with van der Waals surface area (Å²) in [7, 11) is 0. The van der Waals surface area contributed by atoms with E-state index in [9.17, 15) is 0 Å². The van der Waals surface area contributed by atoms with Crippen molar-refractivity contribution < 1.29 is 0 Å². The summed E-state index contributed by atoms with van der Waals surface area (Å²) in [6, 6.07) is 1.91. The molecule has 3 nitrogen and oxygen atoms in total. The summed E-state index contributed by atoms with van der Waals surface area (Å²) in [6.45, 7) is 5.55. The van der Waals surface area contributed by atoms with E-state index >= 15 is 0 Å². The van der Waals surface area contributed by atoms with E-state index in [0.717, 1.165) is 30.8 Å². The Labute approximate surface area is 85.1 Å². The molecular formula is C11H17N3. The molecule has 1 heterocycles. The molecule has 0 amide bonds. The molecule has 76 valence electrons. The third kappa shape index (κ3) is 3.26. The van der Waals surface area contributed by atoms with Crippen molar-refractivity contribution in [2.75, 3.05) is 0 Å². The van der Waals surface area contributed by atoms with Crippen LogP contribution >= 0.6 is 0 Å². The molecule has 0 saturated heterocycles. The number of hydrogen-bond donors (Lipinski definition) is 1. The summed E-state index contributed by atoms with van der Waals surface area (Å²) in [4.78, 5) is 8.33. The van der Waals surface area contributed by atoms with Crippen molar-refractivity contribution in [3.8, 4) is 0 Å². The highest BCUT2D eigenvalue weighted by molar-refractivity contribution is 5.06. The molecule has 3 heteroatoms. The van der Waals surface area contributed by atoms with Gasteiger partial charge in [-0.05, 0) is 32.3 Å². The molecule has 0 aliphatic heterocycles. The van der Waals surface area contributed by atoms with Crippen LogP contribution in [0.4, 0.5) is 0 Å². The largest absolute Gasteiger partial charge is 0.323 e. The van der Waals surface area contributed by atoms with Crippen LogP contribution in [0.15, 0.2) is 24.9 Å². The van der Waals surface area contributed by atoms with Gasteiger partial charge in [-0.15, -0.1) is 6.58 Å². The van der Waals surface area contributed by atoms with Crippen LogP contribution in [-0.4, -0.2) is 9.97 Å². The van der Waals surface area contributed by atoms with Gasteiger partial charge in [0.1, 0.15) is 5.82 Å². The topological polar surface area (TPSA) is 51.8 Å². The van der Waals surface area contributed by atoms with Crippen molar-refractivity contribution in [2.24, 2.45) is 5.73 Å². The lowest BCUT2D eigenvalue weighted by Gasteiger charge is -2.10. The van der Waals surface area contributed by atoms with E-state index in [1.54, 1.807) is 6.20 Å². The number of rotatable bonds is 5. The Hall–Kier alpha value is -1.22. The Morgan fingerprint density at radius 1 is 1.64 bits per heavy atom. The van der Waals surface area contributed by atoms with Gasteiger partial charge in [-0.25, -0.2) is 9.97 Å². The maximum atomic E-state index is 5.98. The SMILES string of the molecule is C=CCCCC(N)c1ccnc(C)n1. The van der Waals surface area contributed by atoms with Gasteiger partial charge in [0.2, 0.25) is 0 Å². The third-order valence-electron chi connectivity index (χ3n) is 2.10. The molecule has 1 rings (SSSR count). The second kappa shape index (κ2) is 5.50. The summed E-state index contributed by atoms with van der Waals surface area (Å²) in [5.41, 5.74) is 6.91. The van der Waals surface area contributed by atoms with Crippen LogP contribution in [0.2, 0.25) is 0 Å². The maximum Gasteiger partial charge on any atom is 0.125 e. The minimum atomic E-state index is 0.0247. The molecule has 2 N–H and O–H groups in total. The van der Waals surface area contributed by atoms with Gasteiger partial charge in [-0.3, -0.25) is 0 Å². The van der Waals surface area contributed by atoms with Crippen LogP contribution in [0.25, 0.3) is 0 Å². The normalized spacial score (nSPS) is 12.4. The number of aromatic nitrogens is 2. The Bertz CT molecular complexity index is 296. The van der Waals surface area contributed by atoms with E-state index < -0.39 is 0 Å². The van der Waals surface area contributed by atoms with Crippen LogP contribution in [0.3, 0.4) is 0 Å². The van der Waals surface area contributed by atoms with E-state index in [2.05, 4.69) is 16.5 Å². The minimum absolute atomic E-state index is 0.0247. The van der Waals surface area contributed by atoms with E-state index in [1.165, 1.54) is 0 Å². The number of nitrogens with zero attached hydrogens (tertiary/aromatic N) is 2. The van der Waals surface area contributed by atoms with Gasteiger partial charge in [0.05, 0.1) is 5.69 Å². The lowest BCUT2D eigenvalue weighted by atomic mass is 10.1. The fourth-order valence-electron chi connectivity index (χ4n) is 1.31. The Balaban J connectivity index is 2.51. The lowest BCUT2D eigenvalue weighted by Crippen LogP contribution is -2.12. The molecule has 1 aromatic heterocycles. The zero-order valence-electron chi connectivity index (χ0n) is 8.61. The molecule has 0 aromatic carbocycles. The van der Waals surface area contributed by atoms with Crippen molar-refractivity contribution in [3.63, 3.8) is 0 Å². The number of allylic oxidation sites excluding steroid dienone is 1. The standard InChI is InChI=1S/C11H17N3/c1-3-4-5-6-10(12)11-7-8-13-9(2)14-11/h3,7-8,10H,1,4-6,12H2,2H3. The van der Waals surface area contributed by atoms with Crippen LogP contribution < -0.4 is 5.73 Å². The molecule has 0 saturated carbocycles. The van der Waals surface area contributed by atoms with E-state index in [4.69, 9.17) is 5.73 Å². The van der Waals surface area contributed by atoms with Gasteiger partial charge in [0, 0.05) is 12.2 Å². The Kier molecular flexibility index (Phi) is 4.26. The van der Waals surface area contributed by atoms with Crippen LogP contribution in [0.1, 0.15) is 36.8 Å². The Morgan fingerprint density at radius 3 is 3.07 bits per heavy atom. The third-order valence-corrected chi connectivity index (χ3v) is 2.10. The highest BCUT2D eigenvalue weighted by Crippen LogP contribution is 2.13. The van der Waals surface area contributed by atoms with E-state index in [-0.39, 0.29) is 6.04 Å². The number of hydrogen-bond acceptors (Lipinski definition) is 3. The van der Waals surface area contributed by atoms with Gasteiger partial charge < -0.3 is 5.73 Å². The molecule has 0 aliphatic rings.